The summed E-state index contributed by atoms with van der Waals surface area (Å²) in [5.41, 5.74) is -0.421. The quantitative estimate of drug-likeness (QED) is 0.877. The Morgan fingerprint density at radius 2 is 1.95 bits per heavy atom. The van der Waals surface area contributed by atoms with Crippen molar-refractivity contribution in [3.05, 3.63) is 18.5 Å². The molecule has 1 spiro atoms. The van der Waals surface area contributed by atoms with Crippen molar-refractivity contribution in [2.75, 3.05) is 31.1 Å². The highest BCUT2D eigenvalue weighted by atomic mass is 16.3. The SMILES string of the molecule is CC(C)(O)CN1CCC2(CCN2c2ncccn2)C1. The van der Waals surface area contributed by atoms with Crippen molar-refractivity contribution in [2.45, 2.75) is 37.8 Å². The normalized spacial score (nSPS) is 27.8. The van der Waals surface area contributed by atoms with Crippen LogP contribution in [0.5, 0.6) is 0 Å². The van der Waals surface area contributed by atoms with E-state index in [1.165, 1.54) is 6.42 Å². The van der Waals surface area contributed by atoms with E-state index in [-0.39, 0.29) is 5.54 Å². The zero-order chi connectivity index (χ0) is 13.5. The fourth-order valence-electron chi connectivity index (χ4n) is 3.33. The lowest BCUT2D eigenvalue weighted by atomic mass is 9.84. The third-order valence-electron chi connectivity index (χ3n) is 4.19. The van der Waals surface area contributed by atoms with Crippen molar-refractivity contribution in [3.8, 4) is 0 Å². The molecule has 5 nitrogen and oxygen atoms in total. The molecule has 0 amide bonds. The van der Waals surface area contributed by atoms with Gasteiger partial charge in [-0.05, 0) is 32.8 Å². The van der Waals surface area contributed by atoms with Gasteiger partial charge in [0.1, 0.15) is 0 Å². The van der Waals surface area contributed by atoms with Crippen LogP contribution < -0.4 is 4.90 Å². The second-order valence-electron chi connectivity index (χ2n) is 6.45. The van der Waals surface area contributed by atoms with Gasteiger partial charge in [-0.15, -0.1) is 0 Å². The Morgan fingerprint density at radius 1 is 1.26 bits per heavy atom. The Labute approximate surface area is 114 Å². The maximum atomic E-state index is 9.94. The molecular weight excluding hydrogens is 240 g/mol. The van der Waals surface area contributed by atoms with Crippen LogP contribution in [0, 0.1) is 0 Å². The largest absolute Gasteiger partial charge is 0.389 e. The fraction of sp³-hybridized carbons (Fsp3) is 0.714. The van der Waals surface area contributed by atoms with Crippen LogP contribution in [0.1, 0.15) is 26.7 Å². The van der Waals surface area contributed by atoms with E-state index in [2.05, 4.69) is 19.8 Å². The lowest BCUT2D eigenvalue weighted by Crippen LogP contribution is -2.62. The van der Waals surface area contributed by atoms with Gasteiger partial charge in [0, 0.05) is 38.6 Å². The summed E-state index contributed by atoms with van der Waals surface area (Å²) < 4.78 is 0. The predicted octanol–water partition coefficient (Wildman–Crippen LogP) is 0.902. The van der Waals surface area contributed by atoms with Crippen LogP contribution in [0.3, 0.4) is 0 Å². The van der Waals surface area contributed by atoms with Gasteiger partial charge in [0.2, 0.25) is 5.95 Å². The van der Waals surface area contributed by atoms with E-state index in [0.29, 0.717) is 0 Å². The Hall–Kier alpha value is -1.20. The minimum Gasteiger partial charge on any atom is -0.389 e. The Morgan fingerprint density at radius 3 is 2.53 bits per heavy atom. The molecule has 2 aliphatic heterocycles. The first kappa shape index (κ1) is 12.8. The van der Waals surface area contributed by atoms with Crippen LogP contribution >= 0.6 is 0 Å². The second-order valence-corrected chi connectivity index (χ2v) is 6.45. The van der Waals surface area contributed by atoms with Gasteiger partial charge in [0.05, 0.1) is 11.1 Å². The van der Waals surface area contributed by atoms with Crippen molar-refractivity contribution in [1.29, 1.82) is 0 Å². The summed E-state index contributed by atoms with van der Waals surface area (Å²) >= 11 is 0. The molecule has 2 fully saturated rings. The fourth-order valence-corrected chi connectivity index (χ4v) is 3.33. The molecule has 0 aromatic carbocycles. The topological polar surface area (TPSA) is 52.5 Å². The third kappa shape index (κ3) is 2.44. The number of aromatic nitrogens is 2. The van der Waals surface area contributed by atoms with Crippen molar-refractivity contribution >= 4 is 5.95 Å². The van der Waals surface area contributed by atoms with Gasteiger partial charge in [-0.1, -0.05) is 0 Å². The van der Waals surface area contributed by atoms with E-state index in [4.69, 9.17) is 0 Å². The van der Waals surface area contributed by atoms with Crippen molar-refractivity contribution in [1.82, 2.24) is 14.9 Å². The highest BCUT2D eigenvalue weighted by molar-refractivity contribution is 5.41. The molecule has 0 radical (unpaired) electrons. The molecule has 2 aliphatic rings. The van der Waals surface area contributed by atoms with Crippen LogP contribution in [0.4, 0.5) is 5.95 Å². The Bertz CT molecular complexity index is 445. The second kappa shape index (κ2) is 4.42. The smallest absolute Gasteiger partial charge is 0.225 e. The van der Waals surface area contributed by atoms with Gasteiger partial charge in [-0.25, -0.2) is 9.97 Å². The average molecular weight is 262 g/mol. The molecule has 1 unspecified atom stereocenters. The van der Waals surface area contributed by atoms with Gasteiger partial charge < -0.3 is 10.0 Å². The van der Waals surface area contributed by atoms with E-state index in [9.17, 15) is 5.11 Å². The number of aliphatic hydroxyl groups is 1. The molecule has 1 atom stereocenters. The molecule has 1 aromatic rings. The molecule has 104 valence electrons. The van der Waals surface area contributed by atoms with Gasteiger partial charge in [-0.3, -0.25) is 4.90 Å². The molecule has 5 heteroatoms. The van der Waals surface area contributed by atoms with E-state index in [1.54, 1.807) is 12.4 Å². The highest BCUT2D eigenvalue weighted by Gasteiger charge is 2.50. The molecular formula is C14H22N4O. The summed E-state index contributed by atoms with van der Waals surface area (Å²) in [5.74, 6) is 0.846. The van der Waals surface area contributed by atoms with Crippen LogP contribution in [0.15, 0.2) is 18.5 Å². The standard InChI is InChI=1S/C14H22N4O/c1-13(2,19)10-17-8-4-14(11-17)5-9-18(14)12-15-6-3-7-16-12/h3,6-7,19H,4-5,8-11H2,1-2H3. The lowest BCUT2D eigenvalue weighted by molar-refractivity contribution is 0.0409. The zero-order valence-corrected chi connectivity index (χ0v) is 11.7. The maximum absolute atomic E-state index is 9.94. The van der Waals surface area contributed by atoms with E-state index in [0.717, 1.165) is 38.5 Å². The zero-order valence-electron chi connectivity index (χ0n) is 11.7. The molecule has 3 heterocycles. The lowest BCUT2D eigenvalue weighted by Gasteiger charge is -2.51. The number of nitrogens with zero attached hydrogens (tertiary/aromatic N) is 4. The molecule has 1 N–H and O–H groups in total. The molecule has 3 rings (SSSR count). The van der Waals surface area contributed by atoms with Crippen LogP contribution in [-0.2, 0) is 0 Å². The van der Waals surface area contributed by atoms with Crippen molar-refractivity contribution < 1.29 is 5.11 Å². The predicted molar refractivity (Wildman–Crippen MR) is 74.1 cm³/mol. The molecule has 19 heavy (non-hydrogen) atoms. The molecule has 0 saturated carbocycles. The van der Waals surface area contributed by atoms with E-state index >= 15 is 0 Å². The first-order chi connectivity index (χ1) is 8.99. The van der Waals surface area contributed by atoms with Crippen LogP contribution in [-0.4, -0.2) is 57.3 Å². The molecule has 1 aromatic heterocycles. The van der Waals surface area contributed by atoms with Gasteiger partial charge in [0.25, 0.3) is 0 Å². The highest BCUT2D eigenvalue weighted by Crippen LogP contribution is 2.41. The molecule has 0 aliphatic carbocycles. The number of hydrogen-bond donors (Lipinski definition) is 1. The van der Waals surface area contributed by atoms with Gasteiger partial charge >= 0.3 is 0 Å². The number of rotatable bonds is 3. The average Bonchev–Trinajstić information content (AvgIpc) is 2.73. The molecule has 2 saturated heterocycles. The minimum absolute atomic E-state index is 0.201. The number of hydrogen-bond acceptors (Lipinski definition) is 5. The third-order valence-corrected chi connectivity index (χ3v) is 4.19. The minimum atomic E-state index is -0.622. The first-order valence-corrected chi connectivity index (χ1v) is 6.98. The number of anilines is 1. The Kier molecular flexibility index (Phi) is 2.98. The number of likely N-dealkylation sites (tertiary alicyclic amines) is 1. The first-order valence-electron chi connectivity index (χ1n) is 6.98. The van der Waals surface area contributed by atoms with E-state index < -0.39 is 5.60 Å². The van der Waals surface area contributed by atoms with E-state index in [1.807, 2.05) is 19.9 Å². The van der Waals surface area contributed by atoms with Gasteiger partial charge in [0.15, 0.2) is 0 Å². The summed E-state index contributed by atoms with van der Waals surface area (Å²) in [5, 5.41) is 9.94. The maximum Gasteiger partial charge on any atom is 0.225 e. The monoisotopic (exact) mass is 262 g/mol. The number of β-amino-alcohol motifs (C(OH)–C–C–N with tert-alkyl or cyclic N) is 1. The van der Waals surface area contributed by atoms with Gasteiger partial charge in [-0.2, -0.15) is 0 Å². The summed E-state index contributed by atoms with van der Waals surface area (Å²) in [6.07, 6.45) is 5.95. The molecule has 0 bridgehead atoms. The summed E-state index contributed by atoms with van der Waals surface area (Å²) in [6, 6.07) is 1.85. The van der Waals surface area contributed by atoms with Crippen molar-refractivity contribution in [2.24, 2.45) is 0 Å². The van der Waals surface area contributed by atoms with Crippen LogP contribution in [0.2, 0.25) is 0 Å². The van der Waals surface area contributed by atoms with Crippen molar-refractivity contribution in [3.63, 3.8) is 0 Å². The Balaban J connectivity index is 1.69. The summed E-state index contributed by atoms with van der Waals surface area (Å²) in [6.45, 7) is 7.58. The summed E-state index contributed by atoms with van der Waals surface area (Å²) in [7, 11) is 0. The summed E-state index contributed by atoms with van der Waals surface area (Å²) in [4.78, 5) is 13.4. The van der Waals surface area contributed by atoms with Crippen LogP contribution in [0.25, 0.3) is 0 Å².